The van der Waals surface area contributed by atoms with Gasteiger partial charge in [0.25, 0.3) is 0 Å². The second kappa shape index (κ2) is 7.66. The number of aryl methyl sites for hydroxylation is 1. The Morgan fingerprint density at radius 2 is 2.14 bits per heavy atom. The van der Waals surface area contributed by atoms with Crippen LogP contribution in [-0.2, 0) is 17.6 Å². The van der Waals surface area contributed by atoms with E-state index in [1.54, 1.807) is 0 Å². The molecule has 1 fully saturated rings. The molecule has 0 amide bonds. The zero-order chi connectivity index (χ0) is 15.2. The number of aromatic nitrogens is 2. The van der Waals surface area contributed by atoms with Crippen molar-refractivity contribution in [1.29, 1.82) is 0 Å². The molecular formula is C15H24N4OS. The SMILES string of the molecule is CCc1nnc(NCC2CCCCO2)c(C(N)=S)c1CC. The quantitative estimate of drug-likeness (QED) is 0.785. The Hall–Kier alpha value is -1.27. The van der Waals surface area contributed by atoms with Crippen molar-refractivity contribution < 1.29 is 4.74 Å². The largest absolute Gasteiger partial charge is 0.389 e. The number of hydrogen-bond acceptors (Lipinski definition) is 5. The molecule has 116 valence electrons. The number of ether oxygens (including phenoxy) is 1. The molecule has 1 aliphatic heterocycles. The van der Waals surface area contributed by atoms with Crippen molar-refractivity contribution in [1.82, 2.24) is 10.2 Å². The summed E-state index contributed by atoms with van der Waals surface area (Å²) in [4.78, 5) is 0.378. The highest BCUT2D eigenvalue weighted by atomic mass is 32.1. The maximum absolute atomic E-state index is 5.92. The van der Waals surface area contributed by atoms with Crippen LogP contribution in [0.2, 0.25) is 0 Å². The van der Waals surface area contributed by atoms with Crippen LogP contribution in [-0.4, -0.2) is 34.4 Å². The van der Waals surface area contributed by atoms with Gasteiger partial charge in [-0.25, -0.2) is 0 Å². The van der Waals surface area contributed by atoms with Gasteiger partial charge in [0, 0.05) is 13.2 Å². The zero-order valence-corrected chi connectivity index (χ0v) is 13.6. The monoisotopic (exact) mass is 308 g/mol. The van der Waals surface area contributed by atoms with Crippen molar-refractivity contribution in [3.05, 3.63) is 16.8 Å². The third-order valence-electron chi connectivity index (χ3n) is 3.86. The van der Waals surface area contributed by atoms with Gasteiger partial charge >= 0.3 is 0 Å². The topological polar surface area (TPSA) is 73.1 Å². The van der Waals surface area contributed by atoms with E-state index >= 15 is 0 Å². The molecule has 3 N–H and O–H groups in total. The Balaban J connectivity index is 2.19. The van der Waals surface area contributed by atoms with E-state index in [0.717, 1.165) is 55.7 Å². The highest BCUT2D eigenvalue weighted by molar-refractivity contribution is 7.80. The summed E-state index contributed by atoms with van der Waals surface area (Å²) < 4.78 is 5.73. The lowest BCUT2D eigenvalue weighted by atomic mass is 10.0. The fourth-order valence-corrected chi connectivity index (χ4v) is 2.96. The minimum atomic E-state index is 0.232. The van der Waals surface area contributed by atoms with Gasteiger partial charge in [-0.3, -0.25) is 0 Å². The van der Waals surface area contributed by atoms with Gasteiger partial charge < -0.3 is 15.8 Å². The van der Waals surface area contributed by atoms with E-state index in [4.69, 9.17) is 22.7 Å². The highest BCUT2D eigenvalue weighted by Crippen LogP contribution is 2.22. The first-order valence-corrected chi connectivity index (χ1v) is 8.11. The van der Waals surface area contributed by atoms with Gasteiger partial charge in [0.05, 0.1) is 17.4 Å². The molecule has 0 aromatic carbocycles. The fraction of sp³-hybridized carbons (Fsp3) is 0.667. The summed E-state index contributed by atoms with van der Waals surface area (Å²) >= 11 is 5.22. The Labute approximate surface area is 131 Å². The van der Waals surface area contributed by atoms with Crippen molar-refractivity contribution >= 4 is 23.0 Å². The molecule has 2 rings (SSSR count). The summed E-state index contributed by atoms with van der Waals surface area (Å²) in [6.07, 6.45) is 5.36. The van der Waals surface area contributed by atoms with E-state index in [9.17, 15) is 0 Å². The molecule has 0 aliphatic carbocycles. The van der Waals surface area contributed by atoms with Crippen LogP contribution in [0, 0.1) is 0 Å². The van der Waals surface area contributed by atoms with Gasteiger partial charge in [0.1, 0.15) is 4.99 Å². The number of anilines is 1. The number of nitrogens with two attached hydrogens (primary N) is 1. The summed E-state index contributed by atoms with van der Waals surface area (Å²) in [5.74, 6) is 0.686. The van der Waals surface area contributed by atoms with Crippen molar-refractivity contribution in [2.45, 2.75) is 52.1 Å². The van der Waals surface area contributed by atoms with Crippen LogP contribution in [0.15, 0.2) is 0 Å². The molecule has 1 unspecified atom stereocenters. The fourth-order valence-electron chi connectivity index (χ4n) is 2.74. The van der Waals surface area contributed by atoms with Gasteiger partial charge in [-0.15, -0.1) is 5.10 Å². The Morgan fingerprint density at radius 3 is 2.71 bits per heavy atom. The summed E-state index contributed by atoms with van der Waals surface area (Å²) in [6, 6.07) is 0. The number of rotatable bonds is 6. The van der Waals surface area contributed by atoms with E-state index in [1.807, 2.05) is 0 Å². The zero-order valence-electron chi connectivity index (χ0n) is 12.8. The number of nitrogens with zero attached hydrogens (tertiary/aromatic N) is 2. The number of thiocarbonyl (C=S) groups is 1. The predicted molar refractivity (Wildman–Crippen MR) is 88.8 cm³/mol. The molecule has 1 saturated heterocycles. The molecule has 21 heavy (non-hydrogen) atoms. The maximum atomic E-state index is 5.92. The van der Waals surface area contributed by atoms with Crippen molar-refractivity contribution in [3.8, 4) is 0 Å². The predicted octanol–water partition coefficient (Wildman–Crippen LogP) is 2.22. The molecule has 1 aliphatic rings. The molecule has 0 radical (unpaired) electrons. The minimum absolute atomic E-state index is 0.232. The van der Waals surface area contributed by atoms with Gasteiger partial charge in [-0.05, 0) is 37.7 Å². The average Bonchev–Trinajstić information content (AvgIpc) is 2.52. The molecule has 0 saturated carbocycles. The molecule has 2 heterocycles. The summed E-state index contributed by atoms with van der Waals surface area (Å²) in [5.41, 5.74) is 8.83. The van der Waals surface area contributed by atoms with E-state index in [-0.39, 0.29) is 6.10 Å². The van der Waals surface area contributed by atoms with Gasteiger partial charge in [0.2, 0.25) is 0 Å². The van der Waals surface area contributed by atoms with Crippen molar-refractivity contribution in [2.24, 2.45) is 5.73 Å². The maximum Gasteiger partial charge on any atom is 0.159 e. The smallest absolute Gasteiger partial charge is 0.159 e. The highest BCUT2D eigenvalue weighted by Gasteiger charge is 2.19. The number of nitrogens with one attached hydrogen (secondary N) is 1. The Bertz CT molecular complexity index is 501. The second-order valence-corrected chi connectivity index (χ2v) is 5.73. The normalized spacial score (nSPS) is 18.5. The van der Waals surface area contributed by atoms with Gasteiger partial charge in [-0.1, -0.05) is 26.1 Å². The molecule has 1 aromatic heterocycles. The molecule has 0 bridgehead atoms. The third kappa shape index (κ3) is 3.89. The molecule has 0 spiro atoms. The standard InChI is InChI=1S/C15H24N4OS/c1-3-11-12(4-2)18-19-15(13(11)14(16)21)17-9-10-7-5-6-8-20-10/h10H,3-9H2,1-2H3,(H2,16,21)(H,17,19). The summed E-state index contributed by atoms with van der Waals surface area (Å²) in [7, 11) is 0. The number of hydrogen-bond donors (Lipinski definition) is 2. The third-order valence-corrected chi connectivity index (χ3v) is 4.07. The molecular weight excluding hydrogens is 284 g/mol. The lowest BCUT2D eigenvalue weighted by molar-refractivity contribution is 0.0247. The van der Waals surface area contributed by atoms with Crippen molar-refractivity contribution in [3.63, 3.8) is 0 Å². The van der Waals surface area contributed by atoms with Gasteiger partial charge in [-0.2, -0.15) is 5.10 Å². The van der Waals surface area contributed by atoms with E-state index in [2.05, 4.69) is 29.4 Å². The van der Waals surface area contributed by atoms with Crippen LogP contribution in [0.25, 0.3) is 0 Å². The average molecular weight is 308 g/mol. The van der Waals surface area contributed by atoms with Gasteiger partial charge in [0.15, 0.2) is 5.82 Å². The van der Waals surface area contributed by atoms with Crippen LogP contribution in [0.4, 0.5) is 5.82 Å². The van der Waals surface area contributed by atoms with Crippen molar-refractivity contribution in [2.75, 3.05) is 18.5 Å². The Morgan fingerprint density at radius 1 is 1.33 bits per heavy atom. The molecule has 1 aromatic rings. The first-order valence-electron chi connectivity index (χ1n) is 7.71. The summed E-state index contributed by atoms with van der Waals surface area (Å²) in [5, 5.41) is 11.9. The molecule has 6 heteroatoms. The van der Waals surface area contributed by atoms with Crippen LogP contribution in [0.3, 0.4) is 0 Å². The van der Waals surface area contributed by atoms with Crippen LogP contribution >= 0.6 is 12.2 Å². The Kier molecular flexibility index (Phi) is 5.87. The van der Waals surface area contributed by atoms with E-state index < -0.39 is 0 Å². The first-order chi connectivity index (χ1) is 10.2. The summed E-state index contributed by atoms with van der Waals surface area (Å²) in [6.45, 7) is 5.72. The van der Waals surface area contributed by atoms with Crippen LogP contribution < -0.4 is 11.1 Å². The lowest BCUT2D eigenvalue weighted by Gasteiger charge is -2.24. The lowest BCUT2D eigenvalue weighted by Crippen LogP contribution is -2.29. The molecule has 5 nitrogen and oxygen atoms in total. The second-order valence-electron chi connectivity index (χ2n) is 5.29. The molecule has 1 atom stereocenters. The van der Waals surface area contributed by atoms with Crippen LogP contribution in [0.5, 0.6) is 0 Å². The van der Waals surface area contributed by atoms with Crippen LogP contribution in [0.1, 0.15) is 49.9 Å². The van der Waals surface area contributed by atoms with E-state index in [1.165, 1.54) is 6.42 Å². The van der Waals surface area contributed by atoms with E-state index in [0.29, 0.717) is 10.8 Å². The first kappa shape index (κ1) is 16.1. The minimum Gasteiger partial charge on any atom is -0.389 e.